The summed E-state index contributed by atoms with van der Waals surface area (Å²) in [5.74, 6) is -0.442. The van der Waals surface area contributed by atoms with Crippen molar-refractivity contribution in [2.75, 3.05) is 5.73 Å². The first-order valence-electron chi connectivity index (χ1n) is 4.71. The zero-order valence-electron chi connectivity index (χ0n) is 9.06. The van der Waals surface area contributed by atoms with Crippen LogP contribution in [0.5, 0.6) is 0 Å². The molecule has 1 aromatic carbocycles. The Bertz CT molecular complexity index is 438. The van der Waals surface area contributed by atoms with Crippen molar-refractivity contribution in [1.29, 1.82) is 5.26 Å². The molecule has 0 spiro atoms. The Labute approximate surface area is 101 Å². The van der Waals surface area contributed by atoms with Crippen molar-refractivity contribution in [1.82, 2.24) is 0 Å². The van der Waals surface area contributed by atoms with E-state index in [2.05, 4.69) is 4.97 Å². The van der Waals surface area contributed by atoms with E-state index in [0.717, 1.165) is 4.46 Å². The van der Waals surface area contributed by atoms with Crippen LogP contribution in [0.15, 0.2) is 18.2 Å². The molecule has 0 aliphatic heterocycles. The normalized spacial score (nSPS) is 9.88. The second-order valence-corrected chi connectivity index (χ2v) is 5.20. The van der Waals surface area contributed by atoms with Crippen LogP contribution in [0.3, 0.4) is 0 Å². The van der Waals surface area contributed by atoms with Gasteiger partial charge in [-0.3, -0.25) is 0 Å². The van der Waals surface area contributed by atoms with Crippen molar-refractivity contribution in [3.05, 3.63) is 23.8 Å². The van der Waals surface area contributed by atoms with Gasteiger partial charge in [0.2, 0.25) is 0 Å². The van der Waals surface area contributed by atoms with Gasteiger partial charge in [-0.15, -0.1) is 0 Å². The number of anilines is 1. The third kappa shape index (κ3) is 3.27. The van der Waals surface area contributed by atoms with Crippen molar-refractivity contribution in [2.24, 2.45) is 0 Å². The Kier molecular flexibility index (Phi) is 4.36. The van der Waals surface area contributed by atoms with Gasteiger partial charge in [0.05, 0.1) is 0 Å². The van der Waals surface area contributed by atoms with Gasteiger partial charge in [-0.05, 0) is 0 Å². The van der Waals surface area contributed by atoms with Gasteiger partial charge in [-0.2, -0.15) is 0 Å². The molecule has 16 heavy (non-hydrogen) atoms. The Balaban J connectivity index is 2.98. The standard InChI is InChI=1S/C11H12N2O2Se/c1-7(2)15-11(14)9-5-8(16-6-12)3-4-10(9)13/h3-5,7H,13H2,1-2H3. The second kappa shape index (κ2) is 5.55. The molecule has 0 aromatic heterocycles. The molecule has 0 aliphatic carbocycles. The van der Waals surface area contributed by atoms with Crippen LogP contribution in [0.4, 0.5) is 5.69 Å². The summed E-state index contributed by atoms with van der Waals surface area (Å²) in [5, 5.41) is 8.59. The second-order valence-electron chi connectivity index (χ2n) is 3.40. The number of rotatable bonds is 3. The molecule has 0 saturated carbocycles. The van der Waals surface area contributed by atoms with E-state index in [1.807, 2.05) is 0 Å². The van der Waals surface area contributed by atoms with Gasteiger partial charge in [0, 0.05) is 0 Å². The molecule has 5 heteroatoms. The van der Waals surface area contributed by atoms with Crippen LogP contribution >= 0.6 is 0 Å². The van der Waals surface area contributed by atoms with Gasteiger partial charge in [0.1, 0.15) is 0 Å². The Hall–Kier alpha value is -1.50. The number of carbonyl (C=O) groups is 1. The quantitative estimate of drug-likeness (QED) is 0.502. The molecule has 0 heterocycles. The van der Waals surface area contributed by atoms with Gasteiger partial charge in [0.15, 0.2) is 0 Å². The van der Waals surface area contributed by atoms with Crippen LogP contribution in [-0.2, 0) is 4.74 Å². The first-order valence-corrected chi connectivity index (χ1v) is 6.42. The molecule has 0 fully saturated rings. The van der Waals surface area contributed by atoms with Crippen molar-refractivity contribution in [3.8, 4) is 4.97 Å². The summed E-state index contributed by atoms with van der Waals surface area (Å²) >= 11 is -0.291. The fourth-order valence-electron chi connectivity index (χ4n) is 1.11. The fraction of sp³-hybridized carbons (Fsp3) is 0.273. The van der Waals surface area contributed by atoms with E-state index in [9.17, 15) is 4.79 Å². The van der Waals surface area contributed by atoms with Crippen molar-refractivity contribution in [3.63, 3.8) is 0 Å². The van der Waals surface area contributed by atoms with Gasteiger partial charge >= 0.3 is 100 Å². The number of nitrogens with two attached hydrogens (primary N) is 1. The Morgan fingerprint density at radius 1 is 1.56 bits per heavy atom. The molecule has 0 bridgehead atoms. The maximum absolute atomic E-state index is 11.7. The monoisotopic (exact) mass is 284 g/mol. The molecule has 1 rings (SSSR count). The average Bonchev–Trinajstić information content (AvgIpc) is 2.20. The molecule has 1 aromatic rings. The summed E-state index contributed by atoms with van der Waals surface area (Å²) in [6.07, 6.45) is -0.183. The third-order valence-corrected chi connectivity index (χ3v) is 2.97. The van der Waals surface area contributed by atoms with Gasteiger partial charge in [-0.25, -0.2) is 0 Å². The van der Waals surface area contributed by atoms with Crippen LogP contribution in [-0.4, -0.2) is 27.0 Å². The summed E-state index contributed by atoms with van der Waals surface area (Å²) < 4.78 is 5.87. The number of esters is 1. The molecule has 0 radical (unpaired) electrons. The van der Waals surface area contributed by atoms with E-state index in [0.29, 0.717) is 11.3 Å². The summed E-state index contributed by atoms with van der Waals surface area (Å²) in [6, 6.07) is 5.01. The van der Waals surface area contributed by atoms with Gasteiger partial charge in [-0.1, -0.05) is 0 Å². The molecule has 0 amide bonds. The topological polar surface area (TPSA) is 76.1 Å². The third-order valence-electron chi connectivity index (χ3n) is 1.75. The van der Waals surface area contributed by atoms with Crippen LogP contribution in [0, 0.1) is 10.2 Å². The van der Waals surface area contributed by atoms with E-state index in [-0.39, 0.29) is 21.1 Å². The zero-order chi connectivity index (χ0) is 12.1. The van der Waals surface area contributed by atoms with E-state index in [4.69, 9.17) is 15.7 Å². The zero-order valence-corrected chi connectivity index (χ0v) is 10.8. The molecular weight excluding hydrogens is 271 g/mol. The SMILES string of the molecule is CC(C)OC(=O)c1cc([Se]C#N)ccc1N. The minimum absolute atomic E-state index is 0.183. The number of nitriles is 1. The fourth-order valence-corrected chi connectivity index (χ4v) is 1.98. The number of hydrogen-bond acceptors (Lipinski definition) is 4. The molecule has 84 valence electrons. The molecule has 0 atom stereocenters. The van der Waals surface area contributed by atoms with Crippen LogP contribution in [0.2, 0.25) is 0 Å². The molecule has 0 aliphatic rings. The number of carbonyl (C=O) groups excluding carboxylic acids is 1. The first-order chi connectivity index (χ1) is 7.54. The summed E-state index contributed by atoms with van der Waals surface area (Å²) in [7, 11) is 0. The van der Waals surface area contributed by atoms with Crippen LogP contribution in [0.25, 0.3) is 0 Å². The van der Waals surface area contributed by atoms with Crippen molar-refractivity contribution < 1.29 is 9.53 Å². The minimum atomic E-state index is -0.442. The maximum atomic E-state index is 11.7. The van der Waals surface area contributed by atoms with E-state index < -0.39 is 5.97 Å². The average molecular weight is 283 g/mol. The van der Waals surface area contributed by atoms with Crippen molar-refractivity contribution in [2.45, 2.75) is 20.0 Å². The van der Waals surface area contributed by atoms with Crippen LogP contribution < -0.4 is 10.2 Å². The number of hydrogen-bond donors (Lipinski definition) is 1. The molecule has 4 nitrogen and oxygen atoms in total. The predicted octanol–water partition coefficient (Wildman–Crippen LogP) is 0.645. The number of nitrogens with zero attached hydrogens (tertiary/aromatic N) is 1. The van der Waals surface area contributed by atoms with Gasteiger partial charge < -0.3 is 0 Å². The van der Waals surface area contributed by atoms with E-state index in [1.54, 1.807) is 32.0 Å². The molecular formula is C11H12N2O2Se. The number of benzene rings is 1. The predicted molar refractivity (Wildman–Crippen MR) is 62.4 cm³/mol. The van der Waals surface area contributed by atoms with Gasteiger partial charge in [0.25, 0.3) is 0 Å². The van der Waals surface area contributed by atoms with Crippen LogP contribution in [0.1, 0.15) is 24.2 Å². The van der Waals surface area contributed by atoms with E-state index in [1.165, 1.54) is 0 Å². The summed E-state index contributed by atoms with van der Waals surface area (Å²) in [5.41, 5.74) is 6.40. The molecule has 0 unspecified atom stereocenters. The Morgan fingerprint density at radius 2 is 2.25 bits per heavy atom. The van der Waals surface area contributed by atoms with E-state index >= 15 is 0 Å². The number of ether oxygens (including phenoxy) is 1. The summed E-state index contributed by atoms with van der Waals surface area (Å²) in [4.78, 5) is 13.7. The van der Waals surface area contributed by atoms with Crippen molar-refractivity contribution >= 4 is 31.1 Å². The number of nitrogen functional groups attached to an aromatic ring is 1. The molecule has 2 N–H and O–H groups in total. The summed E-state index contributed by atoms with van der Waals surface area (Å²) in [6.45, 7) is 3.55. The first kappa shape index (κ1) is 12.6. The Morgan fingerprint density at radius 3 is 2.81 bits per heavy atom. The molecule has 0 saturated heterocycles.